The van der Waals surface area contributed by atoms with Crippen LogP contribution in [0.4, 0.5) is 0 Å². The van der Waals surface area contributed by atoms with Crippen LogP contribution in [0.15, 0.2) is 30.3 Å². The van der Waals surface area contributed by atoms with Gasteiger partial charge >= 0.3 is 0 Å². The van der Waals surface area contributed by atoms with Crippen molar-refractivity contribution in [3.8, 4) is 0 Å². The van der Waals surface area contributed by atoms with Crippen LogP contribution in [-0.2, 0) is 20.9 Å². The summed E-state index contributed by atoms with van der Waals surface area (Å²) >= 11 is 0. The standard InChI is InChI=1S/C22H31N3O3/c1-14(2)22(27)25-15(3)11-23-13-19(25)21(26)24-12-17-6-8-18(9-7-17)20-10-5-16(4)28-20/h6-10,14-16,19,23H,5,11-13H2,1-4H3,(H,24,26). The normalized spacial score (nSPS) is 24.7. The molecule has 2 heterocycles. The summed E-state index contributed by atoms with van der Waals surface area (Å²) in [5, 5.41) is 6.25. The number of rotatable bonds is 5. The van der Waals surface area contributed by atoms with Crippen LogP contribution < -0.4 is 10.6 Å². The number of ether oxygens (including phenoxy) is 1. The van der Waals surface area contributed by atoms with Gasteiger partial charge in [-0.1, -0.05) is 38.1 Å². The summed E-state index contributed by atoms with van der Waals surface area (Å²) in [6, 6.07) is 7.56. The lowest BCUT2D eigenvalue weighted by Gasteiger charge is -2.41. The first-order valence-corrected chi connectivity index (χ1v) is 10.1. The summed E-state index contributed by atoms with van der Waals surface area (Å²) in [5.41, 5.74) is 2.07. The fourth-order valence-electron chi connectivity index (χ4n) is 3.69. The minimum atomic E-state index is -0.476. The van der Waals surface area contributed by atoms with Crippen LogP contribution in [0.1, 0.15) is 45.2 Å². The van der Waals surface area contributed by atoms with E-state index in [9.17, 15) is 9.59 Å². The molecule has 0 bridgehead atoms. The Morgan fingerprint density at radius 2 is 1.93 bits per heavy atom. The zero-order valence-electron chi connectivity index (χ0n) is 17.2. The molecule has 0 aromatic heterocycles. The highest BCUT2D eigenvalue weighted by Crippen LogP contribution is 2.26. The molecule has 28 heavy (non-hydrogen) atoms. The first kappa shape index (κ1) is 20.4. The Hall–Kier alpha value is -2.34. The molecule has 0 radical (unpaired) electrons. The van der Waals surface area contributed by atoms with Crippen LogP contribution >= 0.6 is 0 Å². The highest BCUT2D eigenvalue weighted by atomic mass is 16.5. The molecular weight excluding hydrogens is 354 g/mol. The molecule has 1 aromatic carbocycles. The number of carbonyl (C=O) groups excluding carboxylic acids is 2. The van der Waals surface area contributed by atoms with Crippen molar-refractivity contribution in [1.82, 2.24) is 15.5 Å². The van der Waals surface area contributed by atoms with E-state index < -0.39 is 6.04 Å². The third kappa shape index (κ3) is 4.55. The van der Waals surface area contributed by atoms with Crippen molar-refractivity contribution in [2.24, 2.45) is 5.92 Å². The molecule has 2 amide bonds. The highest BCUT2D eigenvalue weighted by molar-refractivity contribution is 5.89. The van der Waals surface area contributed by atoms with Crippen LogP contribution in [0.5, 0.6) is 0 Å². The topological polar surface area (TPSA) is 70.7 Å². The maximum absolute atomic E-state index is 12.8. The lowest BCUT2D eigenvalue weighted by Crippen LogP contribution is -2.63. The van der Waals surface area contributed by atoms with E-state index >= 15 is 0 Å². The second-order valence-electron chi connectivity index (χ2n) is 8.07. The summed E-state index contributed by atoms with van der Waals surface area (Å²) in [6.45, 7) is 9.41. The van der Waals surface area contributed by atoms with Crippen molar-refractivity contribution in [2.45, 2.75) is 58.8 Å². The predicted octanol–water partition coefficient (Wildman–Crippen LogP) is 2.30. The van der Waals surface area contributed by atoms with E-state index in [0.29, 0.717) is 19.6 Å². The number of nitrogens with one attached hydrogen (secondary N) is 2. The van der Waals surface area contributed by atoms with E-state index in [0.717, 1.165) is 23.3 Å². The number of carbonyl (C=O) groups is 2. The fourth-order valence-corrected chi connectivity index (χ4v) is 3.69. The number of piperazine rings is 1. The number of nitrogens with zero attached hydrogens (tertiary/aromatic N) is 1. The minimum absolute atomic E-state index is 0.000705. The number of hydrogen-bond acceptors (Lipinski definition) is 4. The van der Waals surface area contributed by atoms with Crippen molar-refractivity contribution < 1.29 is 14.3 Å². The lowest BCUT2D eigenvalue weighted by atomic mass is 10.0. The number of benzene rings is 1. The molecule has 1 aromatic rings. The van der Waals surface area contributed by atoms with Crippen molar-refractivity contribution >= 4 is 17.6 Å². The van der Waals surface area contributed by atoms with E-state index in [1.165, 1.54) is 0 Å². The molecule has 3 atom stereocenters. The molecule has 3 rings (SSSR count). The van der Waals surface area contributed by atoms with Gasteiger partial charge in [0.25, 0.3) is 0 Å². The zero-order chi connectivity index (χ0) is 20.3. The van der Waals surface area contributed by atoms with Crippen LogP contribution in [0, 0.1) is 5.92 Å². The second-order valence-corrected chi connectivity index (χ2v) is 8.07. The van der Waals surface area contributed by atoms with E-state index in [-0.39, 0.29) is 29.9 Å². The monoisotopic (exact) mass is 385 g/mol. The van der Waals surface area contributed by atoms with Gasteiger partial charge in [-0.15, -0.1) is 0 Å². The Bertz CT molecular complexity index is 742. The summed E-state index contributed by atoms with van der Waals surface area (Å²) in [4.78, 5) is 27.1. The fraction of sp³-hybridized carbons (Fsp3) is 0.545. The first-order chi connectivity index (χ1) is 13.4. The smallest absolute Gasteiger partial charge is 0.244 e. The summed E-state index contributed by atoms with van der Waals surface area (Å²) in [7, 11) is 0. The van der Waals surface area contributed by atoms with Crippen LogP contribution in [-0.4, -0.2) is 48.0 Å². The van der Waals surface area contributed by atoms with Crippen molar-refractivity contribution in [2.75, 3.05) is 13.1 Å². The number of amides is 2. The molecular formula is C22H31N3O3. The summed E-state index contributed by atoms with van der Waals surface area (Å²) in [5.74, 6) is 0.705. The van der Waals surface area contributed by atoms with E-state index in [1.807, 2.05) is 45.0 Å². The van der Waals surface area contributed by atoms with Gasteiger partial charge < -0.3 is 20.3 Å². The Morgan fingerprint density at radius 3 is 2.54 bits per heavy atom. The zero-order valence-corrected chi connectivity index (χ0v) is 17.2. The van der Waals surface area contributed by atoms with Crippen molar-refractivity contribution in [3.63, 3.8) is 0 Å². The Balaban J connectivity index is 1.60. The second kappa shape index (κ2) is 8.78. The van der Waals surface area contributed by atoms with Gasteiger partial charge in [0.15, 0.2) is 0 Å². The Labute approximate surface area is 167 Å². The molecule has 2 aliphatic heterocycles. The average Bonchev–Trinajstić information content (AvgIpc) is 3.12. The molecule has 1 saturated heterocycles. The molecule has 6 nitrogen and oxygen atoms in total. The van der Waals surface area contributed by atoms with Gasteiger partial charge in [0.05, 0.1) is 6.10 Å². The molecule has 3 unspecified atom stereocenters. The van der Waals surface area contributed by atoms with Gasteiger partial charge in [-0.25, -0.2) is 0 Å². The maximum Gasteiger partial charge on any atom is 0.244 e. The van der Waals surface area contributed by atoms with E-state index in [1.54, 1.807) is 4.90 Å². The van der Waals surface area contributed by atoms with E-state index in [2.05, 4.69) is 23.6 Å². The molecule has 1 fully saturated rings. The quantitative estimate of drug-likeness (QED) is 0.816. The Kier molecular flexibility index (Phi) is 6.39. The van der Waals surface area contributed by atoms with Gasteiger partial charge in [0, 0.05) is 43.6 Å². The van der Waals surface area contributed by atoms with Crippen LogP contribution in [0.2, 0.25) is 0 Å². The molecule has 152 valence electrons. The maximum atomic E-state index is 12.8. The molecule has 6 heteroatoms. The molecule has 0 spiro atoms. The van der Waals surface area contributed by atoms with Crippen LogP contribution in [0.3, 0.4) is 0 Å². The summed E-state index contributed by atoms with van der Waals surface area (Å²) < 4.78 is 5.78. The largest absolute Gasteiger partial charge is 0.490 e. The first-order valence-electron chi connectivity index (χ1n) is 10.1. The summed E-state index contributed by atoms with van der Waals surface area (Å²) in [6.07, 6.45) is 3.28. The number of hydrogen-bond donors (Lipinski definition) is 2. The highest BCUT2D eigenvalue weighted by Gasteiger charge is 2.36. The van der Waals surface area contributed by atoms with Gasteiger partial charge in [-0.05, 0) is 25.5 Å². The van der Waals surface area contributed by atoms with Gasteiger partial charge in [-0.3, -0.25) is 9.59 Å². The third-order valence-corrected chi connectivity index (χ3v) is 5.31. The van der Waals surface area contributed by atoms with Gasteiger partial charge in [0.2, 0.25) is 11.8 Å². The van der Waals surface area contributed by atoms with Gasteiger partial charge in [-0.2, -0.15) is 0 Å². The lowest BCUT2D eigenvalue weighted by molar-refractivity contribution is -0.146. The van der Waals surface area contributed by atoms with Gasteiger partial charge in [0.1, 0.15) is 11.8 Å². The Morgan fingerprint density at radius 1 is 1.21 bits per heavy atom. The molecule has 2 aliphatic rings. The van der Waals surface area contributed by atoms with Crippen LogP contribution in [0.25, 0.3) is 5.76 Å². The van der Waals surface area contributed by atoms with Crippen molar-refractivity contribution in [3.05, 3.63) is 41.5 Å². The van der Waals surface area contributed by atoms with E-state index in [4.69, 9.17) is 4.74 Å². The van der Waals surface area contributed by atoms with Crippen molar-refractivity contribution in [1.29, 1.82) is 0 Å². The third-order valence-electron chi connectivity index (χ3n) is 5.31. The average molecular weight is 386 g/mol. The minimum Gasteiger partial charge on any atom is -0.490 e. The molecule has 0 aliphatic carbocycles. The molecule has 2 N–H and O–H groups in total. The predicted molar refractivity (Wildman–Crippen MR) is 109 cm³/mol. The molecule has 0 saturated carbocycles. The SMILES string of the molecule is CC1CC=C(c2ccc(CNC(=O)C3CNCC(C)N3C(=O)C(C)C)cc2)O1.